The highest BCUT2D eigenvalue weighted by Crippen LogP contribution is 2.23. The molecule has 0 aliphatic heterocycles. The highest BCUT2D eigenvalue weighted by Gasteiger charge is 2.20. The number of imidazole rings is 1. The average molecular weight is 450 g/mol. The number of nitrogens with one attached hydrogen (secondary N) is 4. The first-order valence-corrected chi connectivity index (χ1v) is 10.8. The summed E-state index contributed by atoms with van der Waals surface area (Å²) in [6.07, 6.45) is 4.12. The molecule has 0 saturated heterocycles. The van der Waals surface area contributed by atoms with Crippen molar-refractivity contribution in [3.8, 4) is 11.3 Å². The van der Waals surface area contributed by atoms with E-state index in [2.05, 4.69) is 20.5 Å². The van der Waals surface area contributed by atoms with Gasteiger partial charge in [-0.15, -0.1) is 0 Å². The molecule has 168 valence electrons. The Balaban J connectivity index is 1.42. The molecule has 34 heavy (non-hydrogen) atoms. The average Bonchev–Trinajstić information content (AvgIpc) is 3.54. The van der Waals surface area contributed by atoms with Crippen LogP contribution >= 0.6 is 0 Å². The van der Waals surface area contributed by atoms with Crippen molar-refractivity contribution in [3.63, 3.8) is 0 Å². The van der Waals surface area contributed by atoms with E-state index in [0.717, 1.165) is 27.7 Å². The van der Waals surface area contributed by atoms with Gasteiger partial charge in [-0.05, 0) is 24.1 Å². The number of carbonyl (C=O) groups excluding carboxylic acids is 1. The van der Waals surface area contributed by atoms with Gasteiger partial charge in [-0.1, -0.05) is 60.7 Å². The van der Waals surface area contributed by atoms with E-state index in [1.807, 2.05) is 54.7 Å². The summed E-state index contributed by atoms with van der Waals surface area (Å²) < 4.78 is 0. The molecule has 6 N–H and O–H groups in total. The molecule has 0 saturated carbocycles. The van der Waals surface area contributed by atoms with Crippen molar-refractivity contribution in [1.29, 1.82) is 5.41 Å². The summed E-state index contributed by atoms with van der Waals surface area (Å²) in [4.78, 5) is 21.1. The van der Waals surface area contributed by atoms with Gasteiger partial charge in [-0.3, -0.25) is 15.3 Å². The highest BCUT2D eigenvalue weighted by molar-refractivity contribution is 5.98. The van der Waals surface area contributed by atoms with Crippen LogP contribution in [0.2, 0.25) is 0 Å². The van der Waals surface area contributed by atoms with E-state index >= 15 is 0 Å². The van der Waals surface area contributed by atoms with Crippen LogP contribution in [0.3, 0.4) is 0 Å². The second-order valence-corrected chi connectivity index (χ2v) is 8.05. The molecule has 0 aliphatic carbocycles. The molecule has 2 aromatic heterocycles. The van der Waals surface area contributed by atoms with E-state index in [4.69, 9.17) is 16.1 Å². The molecule has 1 atom stereocenters. The van der Waals surface area contributed by atoms with Gasteiger partial charge in [0.15, 0.2) is 0 Å². The second kappa shape index (κ2) is 9.03. The van der Waals surface area contributed by atoms with Crippen molar-refractivity contribution in [3.05, 3.63) is 108 Å². The molecule has 5 rings (SSSR count). The lowest BCUT2D eigenvalue weighted by Gasteiger charge is -2.17. The Kier molecular flexibility index (Phi) is 5.61. The van der Waals surface area contributed by atoms with Crippen molar-refractivity contribution in [1.82, 2.24) is 25.5 Å². The van der Waals surface area contributed by atoms with E-state index in [9.17, 15) is 4.79 Å². The zero-order valence-corrected chi connectivity index (χ0v) is 18.2. The summed E-state index contributed by atoms with van der Waals surface area (Å²) in [6.45, 7) is 0. The molecule has 0 fully saturated rings. The molecule has 0 aliphatic rings. The standard InChI is InChI=1S/C26H23N7O/c27-24(28)18-8-6-17(7-9-18)23-15-29-25(31-23)22(12-16-4-2-1-3-5-16)32-26(34)19-10-11-20-14-30-33-21(20)13-19/h1-11,13-15,22H,12H2,(H3,27,28)(H,29,31)(H,30,33)(H,32,34). The monoisotopic (exact) mass is 449 g/mol. The Morgan fingerprint density at radius 2 is 1.79 bits per heavy atom. The zero-order chi connectivity index (χ0) is 23.5. The molecule has 3 aromatic carbocycles. The molecule has 1 unspecified atom stereocenters. The lowest BCUT2D eigenvalue weighted by molar-refractivity contribution is 0.0935. The fraction of sp³-hybridized carbons (Fsp3) is 0.0769. The van der Waals surface area contributed by atoms with Gasteiger partial charge in [0.1, 0.15) is 11.7 Å². The number of amidine groups is 1. The van der Waals surface area contributed by atoms with Crippen LogP contribution in [0.1, 0.15) is 33.4 Å². The van der Waals surface area contributed by atoms with Crippen LogP contribution in [-0.4, -0.2) is 31.9 Å². The number of amides is 1. The number of nitrogens with zero attached hydrogens (tertiary/aromatic N) is 2. The number of benzene rings is 3. The smallest absolute Gasteiger partial charge is 0.251 e. The van der Waals surface area contributed by atoms with Crippen molar-refractivity contribution < 1.29 is 4.79 Å². The van der Waals surface area contributed by atoms with Gasteiger partial charge >= 0.3 is 0 Å². The van der Waals surface area contributed by atoms with Gasteiger partial charge in [0.25, 0.3) is 5.91 Å². The van der Waals surface area contributed by atoms with Crippen molar-refractivity contribution in [2.45, 2.75) is 12.5 Å². The number of aromatic amines is 2. The highest BCUT2D eigenvalue weighted by atomic mass is 16.1. The Morgan fingerprint density at radius 1 is 1.03 bits per heavy atom. The van der Waals surface area contributed by atoms with E-state index in [-0.39, 0.29) is 17.8 Å². The Hall–Kier alpha value is -4.72. The Morgan fingerprint density at radius 3 is 2.56 bits per heavy atom. The van der Waals surface area contributed by atoms with Gasteiger partial charge in [-0.2, -0.15) is 5.10 Å². The van der Waals surface area contributed by atoms with Crippen LogP contribution in [-0.2, 0) is 6.42 Å². The maximum atomic E-state index is 13.1. The minimum atomic E-state index is -0.363. The quantitative estimate of drug-likeness (QED) is 0.190. The third kappa shape index (κ3) is 4.42. The number of carbonyl (C=O) groups is 1. The van der Waals surface area contributed by atoms with Gasteiger partial charge in [-0.25, -0.2) is 4.98 Å². The Labute approximate surface area is 195 Å². The number of aromatic nitrogens is 4. The van der Waals surface area contributed by atoms with E-state index in [1.165, 1.54) is 0 Å². The molecular formula is C26H23N7O. The van der Waals surface area contributed by atoms with E-state index in [1.54, 1.807) is 30.5 Å². The van der Waals surface area contributed by atoms with Crippen molar-refractivity contribution in [2.24, 2.45) is 5.73 Å². The third-order valence-electron chi connectivity index (χ3n) is 5.71. The molecule has 0 radical (unpaired) electrons. The summed E-state index contributed by atoms with van der Waals surface area (Å²) in [5.41, 5.74) is 10.3. The SMILES string of the molecule is N=C(N)c1ccc(-c2c[nH]c(C(Cc3ccccc3)NC(=O)c3ccc4cn[nH]c4c3)n2)cc1. The summed E-state index contributed by atoms with van der Waals surface area (Å²) >= 11 is 0. The first kappa shape index (κ1) is 21.1. The number of nitrogens with two attached hydrogens (primary N) is 1. The van der Waals surface area contributed by atoms with Crippen LogP contribution < -0.4 is 11.1 Å². The van der Waals surface area contributed by atoms with Crippen LogP contribution in [0.25, 0.3) is 22.2 Å². The molecule has 1 amide bonds. The first-order chi connectivity index (χ1) is 16.6. The van der Waals surface area contributed by atoms with Crippen LogP contribution in [0.5, 0.6) is 0 Å². The summed E-state index contributed by atoms with van der Waals surface area (Å²) in [5, 5.41) is 18.6. The van der Waals surface area contributed by atoms with Gasteiger partial charge in [0.2, 0.25) is 0 Å². The zero-order valence-electron chi connectivity index (χ0n) is 18.2. The minimum absolute atomic E-state index is 0.0215. The summed E-state index contributed by atoms with van der Waals surface area (Å²) in [5.74, 6) is 0.486. The lowest BCUT2D eigenvalue weighted by Crippen LogP contribution is -2.30. The van der Waals surface area contributed by atoms with Crippen molar-refractivity contribution >= 4 is 22.6 Å². The lowest BCUT2D eigenvalue weighted by atomic mass is 10.0. The predicted octanol–water partition coefficient (Wildman–Crippen LogP) is 3.95. The van der Waals surface area contributed by atoms with Crippen LogP contribution in [0.15, 0.2) is 85.2 Å². The Bertz CT molecular complexity index is 1450. The number of fused-ring (bicyclic) bond motifs is 1. The molecule has 0 spiro atoms. The molecular weight excluding hydrogens is 426 g/mol. The number of nitrogen functional groups attached to an aromatic ring is 1. The molecule has 2 heterocycles. The number of hydrogen-bond donors (Lipinski definition) is 5. The predicted molar refractivity (Wildman–Crippen MR) is 131 cm³/mol. The summed E-state index contributed by atoms with van der Waals surface area (Å²) in [6, 6.07) is 22.4. The molecule has 5 aromatic rings. The third-order valence-corrected chi connectivity index (χ3v) is 5.71. The van der Waals surface area contributed by atoms with Crippen molar-refractivity contribution in [2.75, 3.05) is 0 Å². The number of rotatable bonds is 7. The van der Waals surface area contributed by atoms with E-state index < -0.39 is 0 Å². The van der Waals surface area contributed by atoms with Gasteiger partial charge < -0.3 is 16.0 Å². The number of hydrogen-bond acceptors (Lipinski definition) is 4. The maximum Gasteiger partial charge on any atom is 0.251 e. The molecule has 8 heteroatoms. The number of H-pyrrole nitrogens is 2. The van der Waals surface area contributed by atoms with Gasteiger partial charge in [0, 0.05) is 28.3 Å². The maximum absolute atomic E-state index is 13.1. The normalized spacial score (nSPS) is 11.9. The van der Waals surface area contributed by atoms with Crippen LogP contribution in [0.4, 0.5) is 0 Å². The largest absolute Gasteiger partial charge is 0.384 e. The van der Waals surface area contributed by atoms with E-state index in [0.29, 0.717) is 23.4 Å². The topological polar surface area (TPSA) is 136 Å². The molecule has 0 bridgehead atoms. The fourth-order valence-corrected chi connectivity index (χ4v) is 3.87. The summed E-state index contributed by atoms with van der Waals surface area (Å²) in [7, 11) is 0. The second-order valence-electron chi connectivity index (χ2n) is 8.05. The van der Waals surface area contributed by atoms with Crippen LogP contribution in [0, 0.1) is 5.41 Å². The fourth-order valence-electron chi connectivity index (χ4n) is 3.87. The van der Waals surface area contributed by atoms with Gasteiger partial charge in [0.05, 0.1) is 23.4 Å². The minimum Gasteiger partial charge on any atom is -0.384 e. The molecule has 8 nitrogen and oxygen atoms in total. The first-order valence-electron chi connectivity index (χ1n) is 10.8.